The molecule has 144 valence electrons. The molecule has 0 aromatic heterocycles. The fourth-order valence-electron chi connectivity index (χ4n) is 1.86. The molecule has 7 nitrogen and oxygen atoms in total. The van der Waals surface area contributed by atoms with E-state index in [0.717, 1.165) is 0 Å². The molecular weight excluding hydrogens is 324 g/mol. The smallest absolute Gasteiger partial charge is 0.336 e. The lowest BCUT2D eigenvalue weighted by Crippen LogP contribution is -2.51. The van der Waals surface area contributed by atoms with Gasteiger partial charge in [-0.15, -0.1) is 0 Å². The minimum absolute atomic E-state index is 0.245. The molecule has 2 N–H and O–H groups in total. The molecule has 25 heavy (non-hydrogen) atoms. The molecule has 0 spiro atoms. The van der Waals surface area contributed by atoms with Crippen LogP contribution in [0.2, 0.25) is 0 Å². The van der Waals surface area contributed by atoms with Crippen molar-refractivity contribution in [1.82, 2.24) is 10.6 Å². The van der Waals surface area contributed by atoms with Crippen LogP contribution in [0, 0.1) is 23.7 Å². The summed E-state index contributed by atoms with van der Waals surface area (Å²) in [5.74, 6) is -3.31. The number of amides is 2. The third kappa shape index (κ3) is 7.67. The number of carbonyl (C=O) groups excluding carboxylic acids is 4. The molecule has 0 heterocycles. The fraction of sp³-hybridized carbons (Fsp3) is 0.778. The average Bonchev–Trinajstić information content (AvgIpc) is 2.47. The highest BCUT2D eigenvalue weighted by molar-refractivity contribution is 5.95. The minimum Gasteiger partial charge on any atom is -0.390 e. The molecule has 0 aliphatic rings. The van der Waals surface area contributed by atoms with Gasteiger partial charge in [0.1, 0.15) is 12.1 Å². The van der Waals surface area contributed by atoms with Gasteiger partial charge in [0, 0.05) is 11.8 Å². The Morgan fingerprint density at radius 3 is 1.08 bits per heavy atom. The van der Waals surface area contributed by atoms with Crippen LogP contribution in [0.1, 0.15) is 55.4 Å². The zero-order valence-corrected chi connectivity index (χ0v) is 16.5. The van der Waals surface area contributed by atoms with Crippen LogP contribution in [-0.2, 0) is 23.9 Å². The lowest BCUT2D eigenvalue weighted by molar-refractivity contribution is -0.165. The topological polar surface area (TPSA) is 102 Å². The molecule has 2 atom stereocenters. The average molecular weight is 356 g/mol. The van der Waals surface area contributed by atoms with Crippen molar-refractivity contribution >= 4 is 23.8 Å². The first-order chi connectivity index (χ1) is 11.4. The van der Waals surface area contributed by atoms with Gasteiger partial charge in [0.15, 0.2) is 0 Å². The highest BCUT2D eigenvalue weighted by Gasteiger charge is 2.33. The van der Waals surface area contributed by atoms with E-state index in [1.165, 1.54) is 0 Å². The van der Waals surface area contributed by atoms with Crippen LogP contribution < -0.4 is 10.6 Å². The first kappa shape index (κ1) is 23.1. The van der Waals surface area contributed by atoms with Crippen LogP contribution in [0.25, 0.3) is 0 Å². The van der Waals surface area contributed by atoms with Crippen LogP contribution in [-0.4, -0.2) is 35.8 Å². The van der Waals surface area contributed by atoms with Crippen LogP contribution in [0.15, 0.2) is 0 Å². The summed E-state index contributed by atoms with van der Waals surface area (Å²) < 4.78 is 4.95. The Morgan fingerprint density at radius 2 is 0.880 bits per heavy atom. The first-order valence-electron chi connectivity index (χ1n) is 8.74. The first-order valence-corrected chi connectivity index (χ1v) is 8.74. The zero-order valence-electron chi connectivity index (χ0n) is 16.5. The third-order valence-electron chi connectivity index (χ3n) is 3.69. The van der Waals surface area contributed by atoms with Crippen molar-refractivity contribution in [3.8, 4) is 0 Å². The van der Waals surface area contributed by atoms with Crippen molar-refractivity contribution in [2.24, 2.45) is 23.7 Å². The predicted molar refractivity (Wildman–Crippen MR) is 94.3 cm³/mol. The van der Waals surface area contributed by atoms with Crippen molar-refractivity contribution in [3.63, 3.8) is 0 Å². The minimum atomic E-state index is -0.924. The van der Waals surface area contributed by atoms with Crippen LogP contribution in [0.3, 0.4) is 0 Å². The lowest BCUT2D eigenvalue weighted by Gasteiger charge is -2.24. The van der Waals surface area contributed by atoms with Crippen LogP contribution >= 0.6 is 0 Å². The van der Waals surface area contributed by atoms with Crippen molar-refractivity contribution in [2.75, 3.05) is 0 Å². The summed E-state index contributed by atoms with van der Waals surface area (Å²) in [4.78, 5) is 48.4. The summed E-state index contributed by atoms with van der Waals surface area (Å²) in [5, 5.41) is 5.19. The van der Waals surface area contributed by atoms with Crippen molar-refractivity contribution in [1.29, 1.82) is 0 Å². The molecule has 0 aliphatic heterocycles. The summed E-state index contributed by atoms with van der Waals surface area (Å²) in [7, 11) is 0. The van der Waals surface area contributed by atoms with Gasteiger partial charge in [0.05, 0.1) is 0 Å². The number of carbonyl (C=O) groups is 4. The van der Waals surface area contributed by atoms with Gasteiger partial charge in [0.2, 0.25) is 11.8 Å². The van der Waals surface area contributed by atoms with E-state index in [0.29, 0.717) is 0 Å². The summed E-state index contributed by atoms with van der Waals surface area (Å²) in [6.07, 6.45) is 0. The van der Waals surface area contributed by atoms with Gasteiger partial charge in [0.25, 0.3) is 0 Å². The van der Waals surface area contributed by atoms with E-state index in [4.69, 9.17) is 4.74 Å². The maximum atomic E-state index is 12.3. The van der Waals surface area contributed by atoms with E-state index in [9.17, 15) is 19.2 Å². The van der Waals surface area contributed by atoms with Gasteiger partial charge < -0.3 is 15.4 Å². The van der Waals surface area contributed by atoms with E-state index in [-0.39, 0.29) is 35.5 Å². The number of esters is 2. The second-order valence-corrected chi connectivity index (χ2v) is 7.51. The highest BCUT2D eigenvalue weighted by atomic mass is 16.6. The lowest BCUT2D eigenvalue weighted by atomic mass is 10.0. The number of ether oxygens (including phenoxy) is 1. The quantitative estimate of drug-likeness (QED) is 0.509. The Morgan fingerprint density at radius 1 is 0.600 bits per heavy atom. The third-order valence-corrected chi connectivity index (χ3v) is 3.69. The Hall–Kier alpha value is -1.92. The maximum Gasteiger partial charge on any atom is 0.336 e. The predicted octanol–water partition coefficient (Wildman–Crippen LogP) is 1.65. The molecule has 0 saturated heterocycles. The second kappa shape index (κ2) is 10.2. The van der Waals surface area contributed by atoms with Gasteiger partial charge >= 0.3 is 11.9 Å². The number of rotatable bonds is 8. The molecule has 2 amide bonds. The summed E-state index contributed by atoms with van der Waals surface area (Å²) in [6, 6.07) is -1.85. The molecule has 0 saturated carbocycles. The SMILES string of the molecule is CC(C)C(=O)N[C@H](C(=O)OC(=O)[C@@H](NC(=O)C(C)C)C(C)C)C(C)C. The largest absolute Gasteiger partial charge is 0.390 e. The van der Waals surface area contributed by atoms with E-state index in [2.05, 4.69) is 10.6 Å². The zero-order chi connectivity index (χ0) is 19.9. The second-order valence-electron chi connectivity index (χ2n) is 7.51. The molecule has 0 radical (unpaired) electrons. The molecule has 0 aliphatic carbocycles. The maximum absolute atomic E-state index is 12.3. The van der Waals surface area contributed by atoms with E-state index < -0.39 is 24.0 Å². The normalized spacial score (nSPS) is 13.8. The van der Waals surface area contributed by atoms with Gasteiger partial charge in [-0.05, 0) is 11.8 Å². The number of hydrogen-bond donors (Lipinski definition) is 2. The van der Waals surface area contributed by atoms with E-state index in [1.807, 2.05) is 0 Å². The Bertz CT molecular complexity index is 454. The molecule has 0 bridgehead atoms. The summed E-state index contributed by atoms with van der Waals surface area (Å²) >= 11 is 0. The van der Waals surface area contributed by atoms with Gasteiger partial charge in [-0.1, -0.05) is 55.4 Å². The Labute approximate surface area is 150 Å². The van der Waals surface area contributed by atoms with Crippen molar-refractivity contribution < 1.29 is 23.9 Å². The van der Waals surface area contributed by atoms with E-state index >= 15 is 0 Å². The molecule has 0 unspecified atom stereocenters. The molecule has 0 rings (SSSR count). The highest BCUT2D eigenvalue weighted by Crippen LogP contribution is 2.10. The van der Waals surface area contributed by atoms with Crippen molar-refractivity contribution in [3.05, 3.63) is 0 Å². The molecule has 0 aromatic carbocycles. The molecule has 7 heteroatoms. The van der Waals surface area contributed by atoms with Gasteiger partial charge in [-0.25, -0.2) is 9.59 Å². The van der Waals surface area contributed by atoms with Gasteiger partial charge in [-0.2, -0.15) is 0 Å². The van der Waals surface area contributed by atoms with Crippen molar-refractivity contribution in [2.45, 2.75) is 67.5 Å². The van der Waals surface area contributed by atoms with Gasteiger partial charge in [-0.3, -0.25) is 9.59 Å². The molecule has 0 aromatic rings. The fourth-order valence-corrected chi connectivity index (χ4v) is 1.86. The summed E-state index contributed by atoms with van der Waals surface area (Å²) in [6.45, 7) is 13.8. The number of hydrogen-bond acceptors (Lipinski definition) is 5. The summed E-state index contributed by atoms with van der Waals surface area (Å²) in [5.41, 5.74) is 0. The van der Waals surface area contributed by atoms with Crippen LogP contribution in [0.4, 0.5) is 0 Å². The monoisotopic (exact) mass is 356 g/mol. The van der Waals surface area contributed by atoms with Crippen LogP contribution in [0.5, 0.6) is 0 Å². The molecule has 0 fully saturated rings. The molecular formula is C18H32N2O5. The Kier molecular flexibility index (Phi) is 9.38. The standard InChI is InChI=1S/C18H32N2O5/c1-9(2)13(19-15(21)11(5)6)17(23)25-18(24)14(10(3)4)20-16(22)12(7)8/h9-14H,1-8H3,(H,19,21)(H,20,22)/t13-,14-/m0/s1. The number of nitrogens with one attached hydrogen (secondary N) is 2. The van der Waals surface area contributed by atoms with E-state index in [1.54, 1.807) is 55.4 Å². The Balaban J connectivity index is 5.09.